The van der Waals surface area contributed by atoms with E-state index in [0.717, 1.165) is 11.8 Å². The van der Waals surface area contributed by atoms with Crippen LogP contribution >= 0.6 is 24.0 Å². The van der Waals surface area contributed by atoms with E-state index in [1.165, 1.54) is 32.4 Å². The fourth-order valence-corrected chi connectivity index (χ4v) is 3.66. The molecule has 0 aliphatic carbocycles. The fourth-order valence-electron chi connectivity index (χ4n) is 2.90. The predicted molar refractivity (Wildman–Crippen MR) is 118 cm³/mol. The molecule has 0 atom stereocenters. The number of alkyl halides is 6. The first-order chi connectivity index (χ1) is 15.2. The summed E-state index contributed by atoms with van der Waals surface area (Å²) in [6.45, 7) is 0. The number of carbonyl (C=O) groups excluding carboxylic acids is 1. The van der Waals surface area contributed by atoms with Crippen molar-refractivity contribution >= 4 is 46.3 Å². The number of hydrogen-bond donors (Lipinski definition) is 2. The van der Waals surface area contributed by atoms with E-state index >= 15 is 0 Å². The molecular formula is C20H16F6N2O3S2. The summed E-state index contributed by atoms with van der Waals surface area (Å²) in [4.78, 5) is 11.4. The minimum absolute atomic E-state index is 0.00741. The highest BCUT2D eigenvalue weighted by Crippen LogP contribution is 2.45. The summed E-state index contributed by atoms with van der Waals surface area (Å²) in [6.07, 6.45) is -8.55. The highest BCUT2D eigenvalue weighted by atomic mass is 32.2. The van der Waals surface area contributed by atoms with E-state index in [2.05, 4.69) is 0 Å². The van der Waals surface area contributed by atoms with Gasteiger partial charge in [-0.15, -0.1) is 0 Å². The number of rotatable bonds is 6. The molecule has 0 unspecified atom stereocenters. The molecule has 0 aliphatic rings. The molecule has 0 spiro atoms. The second kappa shape index (κ2) is 9.91. The van der Waals surface area contributed by atoms with Gasteiger partial charge >= 0.3 is 12.4 Å². The molecule has 0 radical (unpaired) electrons. The molecule has 178 valence electrons. The average molecular weight is 510 g/mol. The van der Waals surface area contributed by atoms with Crippen molar-refractivity contribution < 1.29 is 40.6 Å². The molecule has 5 nitrogen and oxygen atoms in total. The van der Waals surface area contributed by atoms with E-state index in [1.54, 1.807) is 0 Å². The van der Waals surface area contributed by atoms with Crippen LogP contribution in [-0.4, -0.2) is 24.8 Å². The van der Waals surface area contributed by atoms with E-state index in [-0.39, 0.29) is 37.9 Å². The van der Waals surface area contributed by atoms with Crippen LogP contribution in [0.2, 0.25) is 0 Å². The Morgan fingerprint density at radius 3 is 2.12 bits per heavy atom. The van der Waals surface area contributed by atoms with Crippen molar-refractivity contribution in [1.82, 2.24) is 0 Å². The molecule has 4 N–H and O–H groups in total. The number of ether oxygens (including phenoxy) is 2. The molecule has 2 aromatic rings. The molecule has 0 bridgehead atoms. The van der Waals surface area contributed by atoms with Crippen LogP contribution in [0.5, 0.6) is 11.5 Å². The molecule has 0 heterocycles. The summed E-state index contributed by atoms with van der Waals surface area (Å²) in [5.41, 5.74) is 6.39. The normalized spacial score (nSPS) is 12.4. The van der Waals surface area contributed by atoms with Gasteiger partial charge in [0, 0.05) is 11.1 Å². The Hall–Kier alpha value is -2.93. The topological polar surface area (TPSA) is 87.6 Å². The van der Waals surface area contributed by atoms with Gasteiger partial charge in [0.15, 0.2) is 17.8 Å². The van der Waals surface area contributed by atoms with Crippen molar-refractivity contribution in [3.63, 3.8) is 0 Å². The summed E-state index contributed by atoms with van der Waals surface area (Å²) in [6, 6.07) is 2.83. The maximum absolute atomic E-state index is 13.4. The van der Waals surface area contributed by atoms with Crippen LogP contribution in [0.3, 0.4) is 0 Å². The van der Waals surface area contributed by atoms with Gasteiger partial charge in [-0.25, -0.2) is 0 Å². The quantitative estimate of drug-likeness (QED) is 0.174. The minimum Gasteiger partial charge on any atom is -0.493 e. The van der Waals surface area contributed by atoms with Gasteiger partial charge in [0.1, 0.15) is 4.32 Å². The van der Waals surface area contributed by atoms with E-state index in [4.69, 9.17) is 33.2 Å². The van der Waals surface area contributed by atoms with Crippen LogP contribution in [0.25, 0.3) is 17.2 Å². The molecule has 0 aliphatic heterocycles. The zero-order valence-corrected chi connectivity index (χ0v) is 18.6. The van der Waals surface area contributed by atoms with Gasteiger partial charge in [-0.3, -0.25) is 4.79 Å². The van der Waals surface area contributed by atoms with E-state index in [1.807, 2.05) is 0 Å². The van der Waals surface area contributed by atoms with E-state index < -0.39 is 34.7 Å². The maximum Gasteiger partial charge on any atom is 0.418 e. The number of nitrogens with two attached hydrogens (primary N) is 2. The molecule has 2 rings (SSSR count). The number of anilines is 1. The Kier molecular flexibility index (Phi) is 7.91. The van der Waals surface area contributed by atoms with Gasteiger partial charge in [0.05, 0.1) is 35.9 Å². The van der Waals surface area contributed by atoms with Crippen LogP contribution in [0, 0.1) is 0 Å². The number of allylic oxidation sites excluding steroid dienone is 1. The minimum atomic E-state index is -5.14. The van der Waals surface area contributed by atoms with Crippen LogP contribution in [-0.2, 0) is 17.1 Å². The summed E-state index contributed by atoms with van der Waals surface area (Å²) in [5, 5.41) is 0. The molecule has 13 heteroatoms. The van der Waals surface area contributed by atoms with Gasteiger partial charge in [0.2, 0.25) is 0 Å². The molecule has 2 aromatic carbocycles. The van der Waals surface area contributed by atoms with Gasteiger partial charge in [-0.05, 0) is 35.9 Å². The monoisotopic (exact) mass is 510 g/mol. The SMILES string of the molecule is COc1cc(-c2cc(C(F)(F)F)cc(C(F)(F)F)c2N)cc(/C=C(/C=O)SC(N)=S)c1OC. The van der Waals surface area contributed by atoms with Crippen LogP contribution in [0.1, 0.15) is 16.7 Å². The first-order valence-corrected chi connectivity index (χ1v) is 9.93. The number of benzene rings is 2. The van der Waals surface area contributed by atoms with Gasteiger partial charge in [-0.2, -0.15) is 26.3 Å². The smallest absolute Gasteiger partial charge is 0.418 e. The van der Waals surface area contributed by atoms with Crippen molar-refractivity contribution in [3.05, 3.63) is 45.9 Å². The molecule has 33 heavy (non-hydrogen) atoms. The lowest BCUT2D eigenvalue weighted by Gasteiger charge is -2.19. The van der Waals surface area contributed by atoms with Crippen molar-refractivity contribution in [2.45, 2.75) is 12.4 Å². The number of halogens is 6. The zero-order chi connectivity index (χ0) is 25.1. The number of methoxy groups -OCH3 is 2. The largest absolute Gasteiger partial charge is 0.493 e. The Morgan fingerprint density at radius 1 is 1.03 bits per heavy atom. The third-order valence-electron chi connectivity index (χ3n) is 4.26. The van der Waals surface area contributed by atoms with Crippen molar-refractivity contribution in [2.75, 3.05) is 20.0 Å². The number of thiocarbonyl (C=S) groups is 1. The molecule has 0 fully saturated rings. The number of thioether (sulfide) groups is 1. The summed E-state index contributed by atoms with van der Waals surface area (Å²) in [7, 11) is 2.48. The zero-order valence-electron chi connectivity index (χ0n) is 16.9. The third-order valence-corrected chi connectivity index (χ3v) is 5.16. The second-order valence-corrected chi connectivity index (χ2v) is 8.18. The Morgan fingerprint density at radius 2 is 1.67 bits per heavy atom. The number of nitrogen functional groups attached to an aromatic ring is 1. The standard InChI is InChI=1S/C20H16F6N2O3S2/c1-30-15-5-9(3-10(17(15)31-2)4-12(8-29)33-18(28)32)13-6-11(19(21,22)23)7-14(16(13)27)20(24,25)26/h3-8H,27H2,1-2H3,(H2,28,32)/b12-4-. The van der Waals surface area contributed by atoms with Gasteiger partial charge < -0.3 is 20.9 Å². The molecule has 0 saturated heterocycles. The Bertz CT molecular complexity index is 1110. The number of carbonyl (C=O) groups is 1. The fraction of sp³-hybridized carbons (Fsp3) is 0.200. The maximum atomic E-state index is 13.4. The average Bonchev–Trinajstić information content (AvgIpc) is 2.70. The van der Waals surface area contributed by atoms with Crippen LogP contribution in [0.4, 0.5) is 32.0 Å². The van der Waals surface area contributed by atoms with Crippen LogP contribution < -0.4 is 20.9 Å². The highest BCUT2D eigenvalue weighted by Gasteiger charge is 2.39. The Balaban J connectivity index is 2.91. The van der Waals surface area contributed by atoms with Crippen LogP contribution in [0.15, 0.2) is 29.2 Å². The molecule has 0 saturated carbocycles. The lowest BCUT2D eigenvalue weighted by Crippen LogP contribution is -2.14. The van der Waals surface area contributed by atoms with E-state index in [9.17, 15) is 31.1 Å². The van der Waals surface area contributed by atoms with Gasteiger partial charge in [-0.1, -0.05) is 24.0 Å². The lowest BCUT2D eigenvalue weighted by atomic mass is 9.94. The third kappa shape index (κ3) is 6.11. The molecule has 0 aromatic heterocycles. The van der Waals surface area contributed by atoms with Crippen molar-refractivity contribution in [3.8, 4) is 22.6 Å². The van der Waals surface area contributed by atoms with Gasteiger partial charge in [0.25, 0.3) is 0 Å². The number of aldehydes is 1. The number of hydrogen-bond acceptors (Lipinski definition) is 6. The highest BCUT2D eigenvalue weighted by molar-refractivity contribution is 8.26. The molecular weight excluding hydrogens is 494 g/mol. The van der Waals surface area contributed by atoms with Crippen molar-refractivity contribution in [1.29, 1.82) is 0 Å². The lowest BCUT2D eigenvalue weighted by molar-refractivity contribution is -0.142. The first kappa shape index (κ1) is 26.3. The second-order valence-electron chi connectivity index (χ2n) is 6.37. The molecule has 0 amide bonds. The summed E-state index contributed by atoms with van der Waals surface area (Å²) < 4.78 is 90.6. The van der Waals surface area contributed by atoms with Crippen molar-refractivity contribution in [2.24, 2.45) is 5.73 Å². The predicted octanol–water partition coefficient (Wildman–Crippen LogP) is 5.51. The summed E-state index contributed by atoms with van der Waals surface area (Å²) in [5.74, 6) is 0.0305. The first-order valence-electron chi connectivity index (χ1n) is 8.71. The summed E-state index contributed by atoms with van der Waals surface area (Å²) >= 11 is 5.46. The van der Waals surface area contributed by atoms with E-state index in [0.29, 0.717) is 12.4 Å². The Labute approximate surface area is 193 Å².